The lowest BCUT2D eigenvalue weighted by molar-refractivity contribution is 0.180. The minimum Gasteiger partial charge on any atom is -0.330 e. The van der Waals surface area contributed by atoms with Crippen LogP contribution >= 0.6 is 0 Å². The quantitative estimate of drug-likeness (QED) is 0.858. The van der Waals surface area contributed by atoms with Crippen LogP contribution in [0.15, 0.2) is 24.3 Å². The van der Waals surface area contributed by atoms with Gasteiger partial charge in [0.25, 0.3) is 0 Å². The molecule has 0 amide bonds. The molecule has 0 aliphatic carbocycles. The molecule has 1 heterocycles. The molecule has 2 N–H and O–H groups in total. The van der Waals surface area contributed by atoms with Crippen molar-refractivity contribution in [1.82, 2.24) is 4.90 Å². The molecule has 3 nitrogen and oxygen atoms in total. The van der Waals surface area contributed by atoms with Gasteiger partial charge in [0, 0.05) is 6.54 Å². The fraction of sp³-hybridized carbons (Fsp3) is 0.500. The van der Waals surface area contributed by atoms with E-state index < -0.39 is 0 Å². The lowest BCUT2D eigenvalue weighted by Gasteiger charge is -2.31. The van der Waals surface area contributed by atoms with Gasteiger partial charge in [-0.3, -0.25) is 4.90 Å². The SMILES string of the molecule is N#Cc1ccccc1CN1CCC(CN)CC1. The summed E-state index contributed by atoms with van der Waals surface area (Å²) in [6.45, 7) is 3.90. The molecule has 1 saturated heterocycles. The number of nitrogens with two attached hydrogens (primary N) is 1. The third kappa shape index (κ3) is 3.06. The van der Waals surface area contributed by atoms with E-state index in [0.717, 1.165) is 37.3 Å². The van der Waals surface area contributed by atoms with E-state index in [2.05, 4.69) is 11.0 Å². The van der Waals surface area contributed by atoms with E-state index >= 15 is 0 Å². The Morgan fingerprint density at radius 2 is 2.00 bits per heavy atom. The van der Waals surface area contributed by atoms with Crippen LogP contribution in [0.1, 0.15) is 24.0 Å². The first-order chi connectivity index (χ1) is 8.33. The number of hydrogen-bond donors (Lipinski definition) is 1. The van der Waals surface area contributed by atoms with Crippen LogP contribution in [0.2, 0.25) is 0 Å². The molecule has 0 atom stereocenters. The Hall–Kier alpha value is -1.37. The van der Waals surface area contributed by atoms with Crippen LogP contribution in [-0.2, 0) is 6.54 Å². The molecule has 0 radical (unpaired) electrons. The molecule has 1 aliphatic rings. The van der Waals surface area contributed by atoms with E-state index in [1.54, 1.807) is 0 Å². The number of hydrogen-bond acceptors (Lipinski definition) is 3. The standard InChI is InChI=1S/C14H19N3/c15-9-12-5-7-17(8-6-12)11-14-4-2-1-3-13(14)10-16/h1-4,12H,5-9,11,15H2. The van der Waals surface area contributed by atoms with Crippen LogP contribution in [0.5, 0.6) is 0 Å². The molecule has 0 aromatic heterocycles. The summed E-state index contributed by atoms with van der Waals surface area (Å²) in [6, 6.07) is 10.1. The van der Waals surface area contributed by atoms with Crippen molar-refractivity contribution < 1.29 is 0 Å². The van der Waals surface area contributed by atoms with Crippen molar-refractivity contribution in [2.24, 2.45) is 11.7 Å². The maximum absolute atomic E-state index is 9.04. The highest BCUT2D eigenvalue weighted by Crippen LogP contribution is 2.19. The van der Waals surface area contributed by atoms with Crippen molar-refractivity contribution >= 4 is 0 Å². The summed E-state index contributed by atoms with van der Waals surface area (Å²) >= 11 is 0. The Morgan fingerprint density at radius 1 is 1.29 bits per heavy atom. The summed E-state index contributed by atoms with van der Waals surface area (Å²) in [6.07, 6.45) is 2.37. The number of benzene rings is 1. The summed E-state index contributed by atoms with van der Waals surface area (Å²) < 4.78 is 0. The van der Waals surface area contributed by atoms with E-state index in [-0.39, 0.29) is 0 Å². The van der Waals surface area contributed by atoms with Gasteiger partial charge in [0.2, 0.25) is 0 Å². The Kier molecular flexibility index (Phi) is 4.13. The first-order valence-corrected chi connectivity index (χ1v) is 6.24. The average molecular weight is 229 g/mol. The normalized spacial score (nSPS) is 17.9. The maximum atomic E-state index is 9.04. The number of likely N-dealkylation sites (tertiary alicyclic amines) is 1. The number of rotatable bonds is 3. The largest absolute Gasteiger partial charge is 0.330 e. The molecular formula is C14H19N3. The van der Waals surface area contributed by atoms with Crippen LogP contribution in [0.3, 0.4) is 0 Å². The molecule has 1 fully saturated rings. The van der Waals surface area contributed by atoms with E-state index in [0.29, 0.717) is 5.92 Å². The van der Waals surface area contributed by atoms with Crippen molar-refractivity contribution in [2.75, 3.05) is 19.6 Å². The van der Waals surface area contributed by atoms with Gasteiger partial charge >= 0.3 is 0 Å². The van der Waals surface area contributed by atoms with Crippen LogP contribution in [0.4, 0.5) is 0 Å². The summed E-state index contributed by atoms with van der Waals surface area (Å²) in [5.74, 6) is 0.692. The van der Waals surface area contributed by atoms with Crippen molar-refractivity contribution in [3.63, 3.8) is 0 Å². The van der Waals surface area contributed by atoms with Gasteiger partial charge in [0.1, 0.15) is 0 Å². The highest BCUT2D eigenvalue weighted by Gasteiger charge is 2.18. The predicted molar refractivity (Wildman–Crippen MR) is 68.2 cm³/mol. The van der Waals surface area contributed by atoms with Crippen molar-refractivity contribution in [1.29, 1.82) is 5.26 Å². The zero-order valence-electron chi connectivity index (χ0n) is 10.1. The molecule has 0 bridgehead atoms. The van der Waals surface area contributed by atoms with E-state index in [4.69, 9.17) is 11.0 Å². The first-order valence-electron chi connectivity index (χ1n) is 6.24. The summed E-state index contributed by atoms with van der Waals surface area (Å²) in [5, 5.41) is 9.04. The third-order valence-corrected chi connectivity index (χ3v) is 3.57. The van der Waals surface area contributed by atoms with Gasteiger partial charge in [-0.1, -0.05) is 18.2 Å². The van der Waals surface area contributed by atoms with Crippen LogP contribution in [0.25, 0.3) is 0 Å². The van der Waals surface area contributed by atoms with E-state index in [9.17, 15) is 0 Å². The van der Waals surface area contributed by atoms with Crippen molar-refractivity contribution in [3.8, 4) is 6.07 Å². The number of nitriles is 1. The molecule has 0 unspecified atom stereocenters. The molecule has 3 heteroatoms. The first kappa shape index (κ1) is 12.1. The fourth-order valence-electron chi connectivity index (χ4n) is 2.39. The Bertz CT molecular complexity index is 400. The molecule has 1 aromatic rings. The fourth-order valence-corrected chi connectivity index (χ4v) is 2.39. The van der Waals surface area contributed by atoms with Gasteiger partial charge in [-0.25, -0.2) is 0 Å². The Balaban J connectivity index is 1.96. The molecule has 1 aromatic carbocycles. The van der Waals surface area contributed by atoms with Crippen LogP contribution < -0.4 is 5.73 Å². The van der Waals surface area contributed by atoms with Gasteiger partial charge in [-0.2, -0.15) is 5.26 Å². The van der Waals surface area contributed by atoms with Gasteiger partial charge < -0.3 is 5.73 Å². The minimum absolute atomic E-state index is 0.692. The molecule has 17 heavy (non-hydrogen) atoms. The second-order valence-corrected chi connectivity index (χ2v) is 4.72. The predicted octanol–water partition coefficient (Wildman–Crippen LogP) is 1.73. The summed E-state index contributed by atoms with van der Waals surface area (Å²) in [4.78, 5) is 2.42. The topological polar surface area (TPSA) is 53.0 Å². The number of piperidine rings is 1. The molecule has 90 valence electrons. The smallest absolute Gasteiger partial charge is 0.0995 e. The van der Waals surface area contributed by atoms with Gasteiger partial charge in [0.05, 0.1) is 11.6 Å². The maximum Gasteiger partial charge on any atom is 0.0995 e. The zero-order valence-corrected chi connectivity index (χ0v) is 10.1. The molecular weight excluding hydrogens is 210 g/mol. The molecule has 0 spiro atoms. The number of nitrogens with zero attached hydrogens (tertiary/aromatic N) is 2. The lowest BCUT2D eigenvalue weighted by Crippen LogP contribution is -2.35. The molecule has 1 aliphatic heterocycles. The lowest BCUT2D eigenvalue weighted by atomic mass is 9.96. The van der Waals surface area contributed by atoms with Crippen LogP contribution in [0, 0.1) is 17.2 Å². The zero-order chi connectivity index (χ0) is 12.1. The second kappa shape index (κ2) is 5.81. The average Bonchev–Trinajstić information content (AvgIpc) is 2.40. The second-order valence-electron chi connectivity index (χ2n) is 4.72. The van der Waals surface area contributed by atoms with E-state index in [1.807, 2.05) is 24.3 Å². The summed E-state index contributed by atoms with van der Waals surface area (Å²) in [7, 11) is 0. The molecule has 0 saturated carbocycles. The summed E-state index contributed by atoms with van der Waals surface area (Å²) in [5.41, 5.74) is 7.62. The molecule has 2 rings (SSSR count). The van der Waals surface area contributed by atoms with Crippen LogP contribution in [-0.4, -0.2) is 24.5 Å². The van der Waals surface area contributed by atoms with Gasteiger partial charge in [-0.15, -0.1) is 0 Å². The highest BCUT2D eigenvalue weighted by molar-refractivity contribution is 5.37. The minimum atomic E-state index is 0.692. The highest BCUT2D eigenvalue weighted by atomic mass is 15.1. The Labute approximate surface area is 103 Å². The van der Waals surface area contributed by atoms with Gasteiger partial charge in [-0.05, 0) is 50.0 Å². The van der Waals surface area contributed by atoms with E-state index in [1.165, 1.54) is 12.8 Å². The third-order valence-electron chi connectivity index (χ3n) is 3.57. The van der Waals surface area contributed by atoms with Crippen molar-refractivity contribution in [3.05, 3.63) is 35.4 Å². The monoisotopic (exact) mass is 229 g/mol. The Morgan fingerprint density at radius 3 is 2.65 bits per heavy atom. The van der Waals surface area contributed by atoms with Gasteiger partial charge in [0.15, 0.2) is 0 Å². The van der Waals surface area contributed by atoms with Crippen molar-refractivity contribution in [2.45, 2.75) is 19.4 Å².